The first-order valence-corrected chi connectivity index (χ1v) is 8.33. The second-order valence-corrected chi connectivity index (χ2v) is 6.18. The van der Waals surface area contributed by atoms with Gasteiger partial charge in [-0.2, -0.15) is 0 Å². The summed E-state index contributed by atoms with van der Waals surface area (Å²) in [6.07, 6.45) is 0.538. The summed E-state index contributed by atoms with van der Waals surface area (Å²) in [5.41, 5.74) is 1.02. The maximum absolute atomic E-state index is 12.2. The Kier molecular flexibility index (Phi) is 6.93. The molecule has 0 unspecified atom stereocenters. The molecule has 0 aliphatic heterocycles. The SMILES string of the molecule is COc1ccc(Cl)cc1NC(=O)[C@@H](C)O/N=C\c1cccc(Cl)c1Cl. The fourth-order valence-corrected chi connectivity index (χ4v) is 2.39. The molecule has 0 radical (unpaired) electrons. The van der Waals surface area contributed by atoms with E-state index < -0.39 is 12.0 Å². The standard InChI is InChI=1S/C17H15Cl3N2O3/c1-10(25-21-9-11-4-3-5-13(19)16(11)20)17(23)22-14-8-12(18)6-7-15(14)24-2/h3-10H,1-2H3,(H,22,23)/b21-9-/t10-/m1/s1. The van der Waals surface area contributed by atoms with Crippen molar-refractivity contribution < 1.29 is 14.4 Å². The number of anilines is 1. The van der Waals surface area contributed by atoms with Crippen LogP contribution in [-0.2, 0) is 9.63 Å². The van der Waals surface area contributed by atoms with Crippen LogP contribution in [0.25, 0.3) is 0 Å². The summed E-state index contributed by atoms with van der Waals surface area (Å²) in [6, 6.07) is 10.0. The number of carbonyl (C=O) groups is 1. The van der Waals surface area contributed by atoms with Crippen molar-refractivity contribution in [3.63, 3.8) is 0 Å². The van der Waals surface area contributed by atoms with E-state index in [2.05, 4.69) is 10.5 Å². The van der Waals surface area contributed by atoms with E-state index in [1.807, 2.05) is 0 Å². The van der Waals surface area contributed by atoms with Crippen molar-refractivity contribution in [2.24, 2.45) is 5.16 Å². The number of benzene rings is 2. The quantitative estimate of drug-likeness (QED) is 0.545. The minimum absolute atomic E-state index is 0.359. The van der Waals surface area contributed by atoms with E-state index in [-0.39, 0.29) is 0 Å². The molecule has 1 atom stereocenters. The topological polar surface area (TPSA) is 59.9 Å². The minimum Gasteiger partial charge on any atom is -0.495 e. The van der Waals surface area contributed by atoms with Crippen molar-refractivity contribution >= 4 is 52.6 Å². The number of halogens is 3. The molecular formula is C17H15Cl3N2O3. The van der Waals surface area contributed by atoms with Gasteiger partial charge in [-0.25, -0.2) is 0 Å². The number of rotatable bonds is 6. The highest BCUT2D eigenvalue weighted by atomic mass is 35.5. The molecule has 2 rings (SSSR count). The van der Waals surface area contributed by atoms with Gasteiger partial charge in [0.15, 0.2) is 0 Å². The van der Waals surface area contributed by atoms with Gasteiger partial charge in [0.2, 0.25) is 6.10 Å². The van der Waals surface area contributed by atoms with Crippen molar-refractivity contribution in [1.29, 1.82) is 0 Å². The van der Waals surface area contributed by atoms with Gasteiger partial charge in [-0.15, -0.1) is 0 Å². The summed E-state index contributed by atoms with van der Waals surface area (Å²) >= 11 is 17.9. The van der Waals surface area contributed by atoms with Crippen LogP contribution >= 0.6 is 34.8 Å². The molecule has 0 heterocycles. The largest absolute Gasteiger partial charge is 0.495 e. The summed E-state index contributed by atoms with van der Waals surface area (Å²) in [5, 5.41) is 7.69. The number of carbonyl (C=O) groups excluding carboxylic acids is 1. The Hall–Kier alpha value is -1.95. The molecule has 2 aromatic carbocycles. The predicted octanol–water partition coefficient (Wildman–Crippen LogP) is 5.03. The second-order valence-electron chi connectivity index (χ2n) is 4.96. The zero-order valence-corrected chi connectivity index (χ0v) is 15.7. The maximum atomic E-state index is 12.2. The van der Waals surface area contributed by atoms with Crippen molar-refractivity contribution in [1.82, 2.24) is 0 Å². The summed E-state index contributed by atoms with van der Waals surface area (Å²) in [7, 11) is 1.50. The molecular weight excluding hydrogens is 387 g/mol. The Bertz CT molecular complexity index is 797. The molecule has 0 aliphatic carbocycles. The van der Waals surface area contributed by atoms with Crippen molar-refractivity contribution in [2.75, 3.05) is 12.4 Å². The van der Waals surface area contributed by atoms with E-state index in [1.165, 1.54) is 13.3 Å². The number of methoxy groups -OCH3 is 1. The van der Waals surface area contributed by atoms with Crippen molar-refractivity contribution in [2.45, 2.75) is 13.0 Å². The number of hydrogen-bond donors (Lipinski definition) is 1. The average molecular weight is 402 g/mol. The zero-order valence-electron chi connectivity index (χ0n) is 13.4. The first-order valence-electron chi connectivity index (χ1n) is 7.20. The smallest absolute Gasteiger partial charge is 0.268 e. The second kappa shape index (κ2) is 8.94. The fraction of sp³-hybridized carbons (Fsp3) is 0.176. The first kappa shape index (κ1) is 19.4. The van der Waals surface area contributed by atoms with Crippen LogP contribution in [0, 0.1) is 0 Å². The van der Waals surface area contributed by atoms with E-state index >= 15 is 0 Å². The molecule has 8 heteroatoms. The molecule has 1 amide bonds. The molecule has 5 nitrogen and oxygen atoms in total. The third-order valence-electron chi connectivity index (χ3n) is 3.18. The third-order valence-corrected chi connectivity index (χ3v) is 4.25. The highest BCUT2D eigenvalue weighted by Gasteiger charge is 2.16. The maximum Gasteiger partial charge on any atom is 0.268 e. The number of ether oxygens (including phenoxy) is 1. The fourth-order valence-electron chi connectivity index (χ4n) is 1.86. The molecule has 0 spiro atoms. The monoisotopic (exact) mass is 400 g/mol. The van der Waals surface area contributed by atoms with E-state index in [9.17, 15) is 4.79 Å². The van der Waals surface area contributed by atoms with Crippen LogP contribution < -0.4 is 10.1 Å². The number of hydrogen-bond acceptors (Lipinski definition) is 4. The van der Waals surface area contributed by atoms with Crippen LogP contribution in [0.2, 0.25) is 15.1 Å². The Balaban J connectivity index is 2.00. The van der Waals surface area contributed by atoms with Gasteiger partial charge in [-0.05, 0) is 31.2 Å². The lowest BCUT2D eigenvalue weighted by atomic mass is 10.2. The Morgan fingerprint density at radius 2 is 2.00 bits per heavy atom. The number of amides is 1. The lowest BCUT2D eigenvalue weighted by molar-refractivity contribution is -0.126. The molecule has 0 saturated carbocycles. The zero-order chi connectivity index (χ0) is 18.4. The molecule has 25 heavy (non-hydrogen) atoms. The van der Waals surface area contributed by atoms with Gasteiger partial charge < -0.3 is 14.9 Å². The summed E-state index contributed by atoms with van der Waals surface area (Å²) < 4.78 is 5.17. The van der Waals surface area contributed by atoms with Crippen LogP contribution in [0.3, 0.4) is 0 Å². The van der Waals surface area contributed by atoms with Crippen LogP contribution in [0.15, 0.2) is 41.6 Å². The van der Waals surface area contributed by atoms with Gasteiger partial charge >= 0.3 is 0 Å². The summed E-state index contributed by atoms with van der Waals surface area (Å²) in [6.45, 7) is 1.56. The van der Waals surface area contributed by atoms with Crippen LogP contribution in [0.1, 0.15) is 12.5 Å². The van der Waals surface area contributed by atoms with Crippen LogP contribution in [0.4, 0.5) is 5.69 Å². The van der Waals surface area contributed by atoms with E-state index in [4.69, 9.17) is 44.4 Å². The molecule has 0 aromatic heterocycles. The first-order chi connectivity index (χ1) is 11.9. The predicted molar refractivity (Wildman–Crippen MR) is 101 cm³/mol. The van der Waals surface area contributed by atoms with E-state index in [0.29, 0.717) is 32.1 Å². The number of nitrogens with one attached hydrogen (secondary N) is 1. The van der Waals surface area contributed by atoms with Gasteiger partial charge in [0, 0.05) is 10.6 Å². The summed E-state index contributed by atoms with van der Waals surface area (Å²) in [5.74, 6) is 0.0778. The summed E-state index contributed by atoms with van der Waals surface area (Å²) in [4.78, 5) is 17.4. The number of nitrogens with zero attached hydrogens (tertiary/aromatic N) is 1. The van der Waals surface area contributed by atoms with Crippen molar-refractivity contribution in [3.8, 4) is 5.75 Å². The molecule has 0 bridgehead atoms. The highest BCUT2D eigenvalue weighted by Crippen LogP contribution is 2.28. The lowest BCUT2D eigenvalue weighted by Gasteiger charge is -2.13. The molecule has 0 aliphatic rings. The molecule has 132 valence electrons. The third kappa shape index (κ3) is 5.26. The van der Waals surface area contributed by atoms with Gasteiger partial charge in [-0.3, -0.25) is 4.79 Å². The Morgan fingerprint density at radius 1 is 1.24 bits per heavy atom. The van der Waals surface area contributed by atoms with Crippen molar-refractivity contribution in [3.05, 3.63) is 57.0 Å². The van der Waals surface area contributed by atoms with Gasteiger partial charge in [-0.1, -0.05) is 52.1 Å². The Labute approximate surface area is 160 Å². The number of oxime groups is 1. The van der Waals surface area contributed by atoms with Gasteiger partial charge in [0.05, 0.1) is 29.1 Å². The van der Waals surface area contributed by atoms with Gasteiger partial charge in [0.25, 0.3) is 5.91 Å². The highest BCUT2D eigenvalue weighted by molar-refractivity contribution is 6.43. The van der Waals surface area contributed by atoms with E-state index in [1.54, 1.807) is 43.3 Å². The van der Waals surface area contributed by atoms with Crippen LogP contribution in [0.5, 0.6) is 5.75 Å². The molecule has 0 fully saturated rings. The van der Waals surface area contributed by atoms with E-state index in [0.717, 1.165) is 0 Å². The average Bonchev–Trinajstić information content (AvgIpc) is 2.58. The molecule has 2 aromatic rings. The normalized spacial score (nSPS) is 12.0. The molecule has 0 saturated heterocycles. The van der Waals surface area contributed by atoms with Crippen LogP contribution in [-0.4, -0.2) is 25.3 Å². The minimum atomic E-state index is -0.849. The lowest BCUT2D eigenvalue weighted by Crippen LogP contribution is -2.26. The van der Waals surface area contributed by atoms with Gasteiger partial charge in [0.1, 0.15) is 5.75 Å². The Morgan fingerprint density at radius 3 is 2.72 bits per heavy atom. The molecule has 1 N–H and O–H groups in total.